The lowest BCUT2D eigenvalue weighted by atomic mass is 10.2. The van der Waals surface area contributed by atoms with E-state index in [4.69, 9.17) is 0 Å². The first-order chi connectivity index (χ1) is 9.74. The Morgan fingerprint density at radius 2 is 2.10 bits per heavy atom. The lowest BCUT2D eigenvalue weighted by molar-refractivity contribution is 0.476. The average molecular weight is 330 g/mol. The van der Waals surface area contributed by atoms with Gasteiger partial charge >= 0.3 is 0 Å². The molecule has 1 aromatic carbocycles. The summed E-state index contributed by atoms with van der Waals surface area (Å²) in [5.41, 5.74) is 2.72. The van der Waals surface area contributed by atoms with E-state index < -0.39 is 0 Å². The average Bonchev–Trinajstić information content (AvgIpc) is 3.19. The van der Waals surface area contributed by atoms with Crippen LogP contribution < -0.4 is 0 Å². The monoisotopic (exact) mass is 329 g/mol. The number of pyridine rings is 1. The molecule has 0 aliphatic heterocycles. The molecule has 3 aromatic rings. The van der Waals surface area contributed by atoms with Gasteiger partial charge in [0.1, 0.15) is 17.1 Å². The number of benzene rings is 1. The molecule has 1 N–H and O–H groups in total. The third-order valence-electron chi connectivity index (χ3n) is 3.60. The third-order valence-corrected chi connectivity index (χ3v) is 4.10. The van der Waals surface area contributed by atoms with Crippen molar-refractivity contribution in [3.63, 3.8) is 0 Å². The second kappa shape index (κ2) is 4.31. The van der Waals surface area contributed by atoms with Crippen molar-refractivity contribution in [3.8, 4) is 17.1 Å². The number of aromatic nitrogens is 3. The van der Waals surface area contributed by atoms with Gasteiger partial charge in [-0.15, -0.1) is 0 Å². The van der Waals surface area contributed by atoms with Crippen LogP contribution in [0.1, 0.15) is 18.9 Å². The second-order valence-electron chi connectivity index (χ2n) is 5.06. The van der Waals surface area contributed by atoms with Crippen LogP contribution in [-0.4, -0.2) is 19.6 Å². The fourth-order valence-corrected chi connectivity index (χ4v) is 2.89. The zero-order valence-electron chi connectivity index (χ0n) is 10.6. The third kappa shape index (κ3) is 1.81. The van der Waals surface area contributed by atoms with Gasteiger partial charge < -0.3 is 9.67 Å². The highest BCUT2D eigenvalue weighted by Gasteiger charge is 2.29. The number of phenolic OH excluding ortho intramolecular Hbond substituents is 1. The van der Waals surface area contributed by atoms with Crippen LogP contribution in [0.15, 0.2) is 41.1 Å². The van der Waals surface area contributed by atoms with Crippen molar-refractivity contribution in [3.05, 3.63) is 41.1 Å². The molecule has 2 aromatic heterocycles. The van der Waals surface area contributed by atoms with E-state index in [-0.39, 0.29) is 5.75 Å². The predicted molar refractivity (Wildman–Crippen MR) is 80.6 cm³/mol. The SMILES string of the molecule is Oc1cc(Br)ccc1-c1nc2cnccc2n1C1CC1. The summed E-state index contributed by atoms with van der Waals surface area (Å²) in [4.78, 5) is 8.79. The molecule has 5 heteroatoms. The van der Waals surface area contributed by atoms with Gasteiger partial charge in [0.25, 0.3) is 0 Å². The van der Waals surface area contributed by atoms with Gasteiger partial charge in [0, 0.05) is 16.7 Å². The van der Waals surface area contributed by atoms with Crippen LogP contribution in [0, 0.1) is 0 Å². The highest BCUT2D eigenvalue weighted by molar-refractivity contribution is 9.10. The van der Waals surface area contributed by atoms with Crippen LogP contribution >= 0.6 is 15.9 Å². The molecule has 1 fully saturated rings. The van der Waals surface area contributed by atoms with Crippen molar-refractivity contribution in [2.45, 2.75) is 18.9 Å². The molecular formula is C15H12BrN3O. The molecule has 4 rings (SSSR count). The molecule has 4 nitrogen and oxygen atoms in total. The Morgan fingerprint density at radius 1 is 1.25 bits per heavy atom. The summed E-state index contributed by atoms with van der Waals surface area (Å²) in [5, 5.41) is 10.2. The first kappa shape index (κ1) is 11.9. The summed E-state index contributed by atoms with van der Waals surface area (Å²) in [6.07, 6.45) is 5.89. The lowest BCUT2D eigenvalue weighted by Crippen LogP contribution is -1.97. The van der Waals surface area contributed by atoms with Crippen molar-refractivity contribution in [2.75, 3.05) is 0 Å². The van der Waals surface area contributed by atoms with Crippen molar-refractivity contribution in [1.82, 2.24) is 14.5 Å². The summed E-state index contributed by atoms with van der Waals surface area (Å²) >= 11 is 3.37. The van der Waals surface area contributed by atoms with Gasteiger partial charge in [0.05, 0.1) is 17.3 Å². The smallest absolute Gasteiger partial charge is 0.145 e. The number of halogens is 1. The molecule has 0 bridgehead atoms. The van der Waals surface area contributed by atoms with E-state index >= 15 is 0 Å². The Kier molecular flexibility index (Phi) is 2.57. The second-order valence-corrected chi connectivity index (χ2v) is 5.98. The maximum absolute atomic E-state index is 10.2. The predicted octanol–water partition coefficient (Wildman–Crippen LogP) is 3.90. The summed E-state index contributed by atoms with van der Waals surface area (Å²) in [5.74, 6) is 1.06. The molecule has 1 aliphatic carbocycles. The lowest BCUT2D eigenvalue weighted by Gasteiger charge is -2.09. The summed E-state index contributed by atoms with van der Waals surface area (Å²) in [6.45, 7) is 0. The largest absolute Gasteiger partial charge is 0.507 e. The first-order valence-electron chi connectivity index (χ1n) is 6.55. The quantitative estimate of drug-likeness (QED) is 0.775. The van der Waals surface area contributed by atoms with Gasteiger partial charge in [-0.2, -0.15) is 0 Å². The van der Waals surface area contributed by atoms with Crippen molar-refractivity contribution in [2.24, 2.45) is 0 Å². The van der Waals surface area contributed by atoms with Gasteiger partial charge in [0.2, 0.25) is 0 Å². The number of hydrogen-bond donors (Lipinski definition) is 1. The van der Waals surface area contributed by atoms with Gasteiger partial charge in [-0.3, -0.25) is 4.98 Å². The topological polar surface area (TPSA) is 50.9 Å². The molecule has 1 aliphatic rings. The van der Waals surface area contributed by atoms with Crippen LogP contribution in [0.4, 0.5) is 0 Å². The Labute approximate surface area is 124 Å². The minimum atomic E-state index is 0.240. The maximum Gasteiger partial charge on any atom is 0.145 e. The Balaban J connectivity index is 2.01. The number of phenols is 1. The van der Waals surface area contributed by atoms with E-state index in [1.165, 1.54) is 0 Å². The first-order valence-corrected chi connectivity index (χ1v) is 7.34. The maximum atomic E-state index is 10.2. The Morgan fingerprint density at radius 3 is 2.85 bits per heavy atom. The van der Waals surface area contributed by atoms with E-state index in [1.807, 2.05) is 18.2 Å². The summed E-state index contributed by atoms with van der Waals surface area (Å²) < 4.78 is 3.08. The minimum absolute atomic E-state index is 0.240. The molecule has 0 radical (unpaired) electrons. The van der Waals surface area contributed by atoms with Gasteiger partial charge in [-0.25, -0.2) is 4.98 Å². The highest BCUT2D eigenvalue weighted by Crippen LogP contribution is 2.42. The molecule has 0 saturated heterocycles. The fraction of sp³-hybridized carbons (Fsp3) is 0.200. The van der Waals surface area contributed by atoms with Gasteiger partial charge in [0.15, 0.2) is 0 Å². The molecular weight excluding hydrogens is 318 g/mol. The Hall–Kier alpha value is -1.88. The van der Waals surface area contributed by atoms with E-state index in [9.17, 15) is 5.11 Å². The molecule has 0 amide bonds. The molecule has 2 heterocycles. The minimum Gasteiger partial charge on any atom is -0.507 e. The number of imidazole rings is 1. The number of fused-ring (bicyclic) bond motifs is 1. The Bertz CT molecular complexity index is 808. The van der Waals surface area contributed by atoms with Gasteiger partial charge in [-0.05, 0) is 37.1 Å². The molecule has 1 saturated carbocycles. The number of nitrogens with zero attached hydrogens (tertiary/aromatic N) is 3. The van der Waals surface area contributed by atoms with Crippen LogP contribution in [-0.2, 0) is 0 Å². The van der Waals surface area contributed by atoms with E-state index in [2.05, 4.69) is 30.5 Å². The molecule has 0 spiro atoms. The van der Waals surface area contributed by atoms with E-state index in [0.29, 0.717) is 6.04 Å². The number of aromatic hydroxyl groups is 1. The molecule has 0 unspecified atom stereocenters. The van der Waals surface area contributed by atoms with E-state index in [1.54, 1.807) is 18.5 Å². The number of rotatable bonds is 2. The standard InChI is InChI=1S/C15H12BrN3O/c16-9-1-4-11(14(20)7-9)15-18-12-8-17-6-5-13(12)19(15)10-2-3-10/h1,4-8,10,20H,2-3H2. The molecule has 100 valence electrons. The van der Waals surface area contributed by atoms with Gasteiger partial charge in [-0.1, -0.05) is 15.9 Å². The molecule has 20 heavy (non-hydrogen) atoms. The summed E-state index contributed by atoms with van der Waals surface area (Å²) in [7, 11) is 0. The zero-order valence-corrected chi connectivity index (χ0v) is 12.2. The molecule has 0 atom stereocenters. The number of hydrogen-bond acceptors (Lipinski definition) is 3. The highest BCUT2D eigenvalue weighted by atomic mass is 79.9. The normalized spacial score (nSPS) is 14.8. The van der Waals surface area contributed by atoms with Crippen LogP contribution in [0.5, 0.6) is 5.75 Å². The summed E-state index contributed by atoms with van der Waals surface area (Å²) in [6, 6.07) is 7.99. The van der Waals surface area contributed by atoms with E-state index in [0.717, 1.165) is 39.7 Å². The van der Waals surface area contributed by atoms with Crippen LogP contribution in [0.2, 0.25) is 0 Å². The van der Waals surface area contributed by atoms with Crippen LogP contribution in [0.25, 0.3) is 22.4 Å². The zero-order chi connectivity index (χ0) is 13.7. The van der Waals surface area contributed by atoms with Crippen LogP contribution in [0.3, 0.4) is 0 Å². The fourth-order valence-electron chi connectivity index (χ4n) is 2.54. The van der Waals surface area contributed by atoms with Crippen molar-refractivity contribution >= 4 is 27.0 Å². The van der Waals surface area contributed by atoms with Crippen molar-refractivity contribution < 1.29 is 5.11 Å². The van der Waals surface area contributed by atoms with Crippen molar-refractivity contribution in [1.29, 1.82) is 0 Å².